The van der Waals surface area contributed by atoms with Gasteiger partial charge in [-0.15, -0.1) is 0 Å². The molecule has 0 spiro atoms. The number of rotatable bonds is 8. The van der Waals surface area contributed by atoms with Crippen molar-refractivity contribution in [3.63, 3.8) is 0 Å². The van der Waals surface area contributed by atoms with Gasteiger partial charge in [0.15, 0.2) is 6.10 Å². The van der Waals surface area contributed by atoms with Crippen LogP contribution >= 0.6 is 0 Å². The summed E-state index contributed by atoms with van der Waals surface area (Å²) >= 11 is 0. The molecule has 2 aliphatic rings. The second-order valence-electron chi connectivity index (χ2n) is 13.2. The zero-order valence-corrected chi connectivity index (χ0v) is 26.2. The largest absolute Gasteiger partial charge is 0.479 e. The summed E-state index contributed by atoms with van der Waals surface area (Å²) in [6.07, 6.45) is 4.99. The number of pyridine rings is 1. The molecule has 1 aliphatic heterocycles. The zero-order chi connectivity index (χ0) is 30.7. The second kappa shape index (κ2) is 12.9. The molecule has 1 aromatic heterocycles. The first kappa shape index (κ1) is 30.7. The van der Waals surface area contributed by atoms with Crippen LogP contribution in [0.3, 0.4) is 0 Å². The highest BCUT2D eigenvalue weighted by Crippen LogP contribution is 2.46. The highest BCUT2D eigenvalue weighted by molar-refractivity contribution is 5.95. The van der Waals surface area contributed by atoms with Gasteiger partial charge in [0.25, 0.3) is 5.91 Å². The predicted molar refractivity (Wildman–Crippen MR) is 170 cm³/mol. The first-order valence-corrected chi connectivity index (χ1v) is 15.6. The highest BCUT2D eigenvalue weighted by atomic mass is 16.5. The van der Waals surface area contributed by atoms with E-state index in [4.69, 9.17) is 9.72 Å². The Morgan fingerprint density at radius 3 is 2.30 bits per heavy atom. The van der Waals surface area contributed by atoms with Crippen LogP contribution in [0.15, 0.2) is 54.6 Å². The maximum absolute atomic E-state index is 13.0. The summed E-state index contributed by atoms with van der Waals surface area (Å²) in [7, 11) is 0. The summed E-state index contributed by atoms with van der Waals surface area (Å²) in [5, 5.41) is 13.5. The summed E-state index contributed by atoms with van der Waals surface area (Å²) in [4.78, 5) is 33.1. The zero-order valence-electron chi connectivity index (χ0n) is 26.2. The molecule has 43 heavy (non-hydrogen) atoms. The molecule has 0 radical (unpaired) electrons. The molecule has 3 aromatic rings. The lowest BCUT2D eigenvalue weighted by Gasteiger charge is -2.44. The average Bonchev–Trinajstić information content (AvgIpc) is 2.98. The number of aryl methyl sites for hydroxylation is 2. The summed E-state index contributed by atoms with van der Waals surface area (Å²) < 4.78 is 6.23. The number of aliphatic carboxylic acids is 1. The standard InChI is InChI=1S/C36H45N3O4/c1-23-30(27-15-17-28(18-16-27)34(40)37-21-25-11-7-6-8-12-25)32(39-20-19-26-13-9-10-14-29(26)22-39)31(24(2)38-23)33(35(41)42)43-36(3,4)5/h6-8,11-12,15-18,26,29,33H,9-10,13-14,19-22H2,1-5H3,(H,37,40)(H,41,42)/t26-,29+,33?/m1/s1. The Morgan fingerprint density at radius 2 is 1.65 bits per heavy atom. The number of fused-ring (bicyclic) bond motifs is 1. The molecule has 228 valence electrons. The van der Waals surface area contributed by atoms with Crippen LogP contribution in [0.25, 0.3) is 11.1 Å². The Hall–Kier alpha value is -3.71. The molecule has 2 heterocycles. The van der Waals surface area contributed by atoms with E-state index in [9.17, 15) is 14.7 Å². The Bertz CT molecular complexity index is 1450. The number of hydrogen-bond donors (Lipinski definition) is 2. The van der Waals surface area contributed by atoms with Gasteiger partial charge in [0.1, 0.15) is 0 Å². The minimum Gasteiger partial charge on any atom is -0.479 e. The smallest absolute Gasteiger partial charge is 0.337 e. The number of carbonyl (C=O) groups is 2. The predicted octanol–water partition coefficient (Wildman–Crippen LogP) is 7.25. The van der Waals surface area contributed by atoms with Gasteiger partial charge < -0.3 is 20.1 Å². The summed E-state index contributed by atoms with van der Waals surface area (Å²) in [5.74, 6) is 0.169. The minimum atomic E-state index is -1.16. The van der Waals surface area contributed by atoms with Crippen LogP contribution in [0.1, 0.15) is 91.9 Å². The van der Waals surface area contributed by atoms with Gasteiger partial charge >= 0.3 is 5.97 Å². The molecule has 1 amide bonds. The highest BCUT2D eigenvalue weighted by Gasteiger charge is 2.38. The van der Waals surface area contributed by atoms with E-state index in [0.717, 1.165) is 53.5 Å². The lowest BCUT2D eigenvalue weighted by Crippen LogP contribution is -2.43. The molecule has 1 saturated carbocycles. The van der Waals surface area contributed by atoms with Gasteiger partial charge in [0.05, 0.1) is 11.3 Å². The number of amides is 1. The van der Waals surface area contributed by atoms with Gasteiger partial charge in [-0.25, -0.2) is 4.79 Å². The number of hydrogen-bond acceptors (Lipinski definition) is 5. The third kappa shape index (κ3) is 7.10. The molecule has 1 aliphatic carbocycles. The lowest BCUT2D eigenvalue weighted by atomic mass is 9.74. The minimum absolute atomic E-state index is 0.140. The van der Waals surface area contributed by atoms with Crippen molar-refractivity contribution in [2.45, 2.75) is 85.0 Å². The molecule has 2 aromatic carbocycles. The van der Waals surface area contributed by atoms with E-state index in [2.05, 4.69) is 10.2 Å². The van der Waals surface area contributed by atoms with Crippen LogP contribution < -0.4 is 10.2 Å². The molecule has 2 fully saturated rings. The average molecular weight is 584 g/mol. The molecule has 0 bridgehead atoms. The summed E-state index contributed by atoms with van der Waals surface area (Å²) in [6, 6.07) is 17.4. The van der Waals surface area contributed by atoms with E-state index in [-0.39, 0.29) is 5.91 Å². The fourth-order valence-electron chi connectivity index (χ4n) is 6.89. The topological polar surface area (TPSA) is 91.8 Å². The van der Waals surface area contributed by atoms with E-state index >= 15 is 0 Å². The van der Waals surface area contributed by atoms with Crippen molar-refractivity contribution in [1.29, 1.82) is 0 Å². The van der Waals surface area contributed by atoms with Crippen LogP contribution in [-0.4, -0.2) is 40.7 Å². The Balaban J connectivity index is 1.55. The molecule has 1 unspecified atom stereocenters. The quantitative estimate of drug-likeness (QED) is 0.290. The number of anilines is 1. The van der Waals surface area contributed by atoms with Gasteiger partial charge in [-0.1, -0.05) is 61.7 Å². The monoisotopic (exact) mass is 583 g/mol. The number of carboxylic acids is 1. The molecule has 7 heteroatoms. The van der Waals surface area contributed by atoms with E-state index in [1.807, 2.05) is 89.2 Å². The SMILES string of the molecule is Cc1nc(C)c(C(OC(C)(C)C)C(=O)O)c(N2CC[C@H]3CCCC[C@H]3C2)c1-c1ccc(C(=O)NCc2ccccc2)cc1. The van der Waals surface area contributed by atoms with Gasteiger partial charge in [-0.3, -0.25) is 9.78 Å². The van der Waals surface area contributed by atoms with Crippen molar-refractivity contribution in [2.24, 2.45) is 11.8 Å². The number of nitrogens with zero attached hydrogens (tertiary/aromatic N) is 2. The maximum Gasteiger partial charge on any atom is 0.337 e. The van der Waals surface area contributed by atoms with Gasteiger partial charge in [0, 0.05) is 47.7 Å². The van der Waals surface area contributed by atoms with Crippen molar-refractivity contribution >= 4 is 17.6 Å². The van der Waals surface area contributed by atoms with Crippen LogP contribution in [-0.2, 0) is 16.1 Å². The van der Waals surface area contributed by atoms with Crippen molar-refractivity contribution in [2.75, 3.05) is 18.0 Å². The Labute approximate surface area is 255 Å². The van der Waals surface area contributed by atoms with E-state index < -0.39 is 17.7 Å². The number of ether oxygens (including phenoxy) is 1. The number of aromatic nitrogens is 1. The molecule has 7 nitrogen and oxygen atoms in total. The Morgan fingerprint density at radius 1 is 0.977 bits per heavy atom. The van der Waals surface area contributed by atoms with Crippen molar-refractivity contribution in [3.8, 4) is 11.1 Å². The molecule has 3 atom stereocenters. The number of nitrogens with one attached hydrogen (secondary N) is 1. The molecule has 2 N–H and O–H groups in total. The van der Waals surface area contributed by atoms with Crippen molar-refractivity contribution < 1.29 is 19.4 Å². The van der Waals surface area contributed by atoms with Crippen LogP contribution in [0, 0.1) is 25.7 Å². The third-order valence-electron chi connectivity index (χ3n) is 8.88. The van der Waals surface area contributed by atoms with Crippen LogP contribution in [0.5, 0.6) is 0 Å². The Kier molecular flexibility index (Phi) is 9.21. The van der Waals surface area contributed by atoms with Crippen molar-refractivity contribution in [1.82, 2.24) is 10.3 Å². The number of carboxylic acid groups (broad SMARTS) is 1. The fraction of sp³-hybridized carbons (Fsp3) is 0.472. The normalized spacial score (nSPS) is 19.4. The first-order chi connectivity index (χ1) is 20.5. The van der Waals surface area contributed by atoms with Gasteiger partial charge in [-0.05, 0) is 82.6 Å². The molecule has 5 rings (SSSR count). The molecular formula is C36H45N3O4. The first-order valence-electron chi connectivity index (χ1n) is 15.6. The molecular weight excluding hydrogens is 538 g/mol. The second-order valence-corrected chi connectivity index (χ2v) is 13.2. The van der Waals surface area contributed by atoms with Crippen molar-refractivity contribution in [3.05, 3.63) is 82.7 Å². The van der Waals surface area contributed by atoms with E-state index in [1.54, 1.807) is 0 Å². The third-order valence-corrected chi connectivity index (χ3v) is 8.88. The van der Waals surface area contributed by atoms with Gasteiger partial charge in [-0.2, -0.15) is 0 Å². The fourth-order valence-corrected chi connectivity index (χ4v) is 6.89. The summed E-state index contributed by atoms with van der Waals surface area (Å²) in [5.41, 5.74) is 5.82. The lowest BCUT2D eigenvalue weighted by molar-refractivity contribution is -0.160. The van der Waals surface area contributed by atoms with E-state index in [1.165, 1.54) is 25.7 Å². The molecule has 1 saturated heterocycles. The van der Waals surface area contributed by atoms with Gasteiger partial charge in [0.2, 0.25) is 0 Å². The summed E-state index contributed by atoms with van der Waals surface area (Å²) in [6.45, 7) is 11.8. The number of carbonyl (C=O) groups excluding carboxylic acids is 1. The maximum atomic E-state index is 13.0. The number of benzene rings is 2. The van der Waals surface area contributed by atoms with E-state index in [0.29, 0.717) is 29.3 Å². The van der Waals surface area contributed by atoms with Crippen LogP contribution in [0.2, 0.25) is 0 Å². The number of piperidine rings is 1. The van der Waals surface area contributed by atoms with Crippen LogP contribution in [0.4, 0.5) is 5.69 Å².